The molecule has 0 radical (unpaired) electrons. The summed E-state index contributed by atoms with van der Waals surface area (Å²) >= 11 is 0. The van der Waals surface area contributed by atoms with Crippen LogP contribution in [0.2, 0.25) is 0 Å². The molecule has 94 valence electrons. The molecule has 0 unspecified atom stereocenters. The van der Waals surface area contributed by atoms with Crippen LogP contribution in [0, 0.1) is 5.41 Å². The van der Waals surface area contributed by atoms with Crippen LogP contribution in [0.15, 0.2) is 30.3 Å². The van der Waals surface area contributed by atoms with E-state index in [1.807, 2.05) is 44.2 Å². The number of carbonyl (C=O) groups excluding carboxylic acids is 1. The van der Waals surface area contributed by atoms with Gasteiger partial charge in [-0.25, -0.2) is 0 Å². The number of nitrogens with two attached hydrogens (primary N) is 1. The predicted molar refractivity (Wildman–Crippen MR) is 70.6 cm³/mol. The van der Waals surface area contributed by atoms with Crippen molar-refractivity contribution >= 4 is 5.91 Å². The molecule has 1 aromatic carbocycles. The first-order chi connectivity index (χ1) is 8.03. The van der Waals surface area contributed by atoms with Gasteiger partial charge in [0.15, 0.2) is 0 Å². The van der Waals surface area contributed by atoms with Crippen LogP contribution in [0.3, 0.4) is 0 Å². The number of hydrogen-bond donors (Lipinski definition) is 2. The maximum atomic E-state index is 11.6. The highest BCUT2D eigenvalue weighted by Gasteiger charge is 2.16. The number of nitrogens with one attached hydrogen (secondary N) is 1. The van der Waals surface area contributed by atoms with Crippen LogP contribution in [0.25, 0.3) is 0 Å². The van der Waals surface area contributed by atoms with Crippen LogP contribution < -0.4 is 11.1 Å². The lowest BCUT2D eigenvalue weighted by molar-refractivity contribution is -0.121. The molecular formula is C14H22N2O. The number of hydrogen-bond acceptors (Lipinski definition) is 2. The van der Waals surface area contributed by atoms with E-state index in [0.29, 0.717) is 19.5 Å². The molecule has 0 fully saturated rings. The van der Waals surface area contributed by atoms with Crippen molar-refractivity contribution < 1.29 is 4.79 Å². The van der Waals surface area contributed by atoms with Gasteiger partial charge in [0.25, 0.3) is 0 Å². The summed E-state index contributed by atoms with van der Waals surface area (Å²) < 4.78 is 0. The molecule has 0 atom stereocenters. The summed E-state index contributed by atoms with van der Waals surface area (Å²) in [5.41, 5.74) is 6.78. The SMILES string of the molecule is CC(C)(CN)CNC(=O)CCc1ccccc1. The molecule has 0 heterocycles. The number of amides is 1. The summed E-state index contributed by atoms with van der Waals surface area (Å²) in [4.78, 5) is 11.6. The van der Waals surface area contributed by atoms with Crippen molar-refractivity contribution in [3.8, 4) is 0 Å². The van der Waals surface area contributed by atoms with E-state index >= 15 is 0 Å². The molecule has 1 aromatic rings. The summed E-state index contributed by atoms with van der Waals surface area (Å²) in [6, 6.07) is 10.0. The Morgan fingerprint density at radius 3 is 2.53 bits per heavy atom. The quantitative estimate of drug-likeness (QED) is 0.787. The molecule has 0 aliphatic heterocycles. The van der Waals surface area contributed by atoms with E-state index in [9.17, 15) is 4.79 Å². The smallest absolute Gasteiger partial charge is 0.220 e. The molecule has 1 amide bonds. The van der Waals surface area contributed by atoms with Crippen molar-refractivity contribution in [1.29, 1.82) is 0 Å². The number of aryl methyl sites for hydroxylation is 1. The minimum absolute atomic E-state index is 0.0254. The number of rotatable bonds is 6. The second kappa shape index (κ2) is 6.40. The van der Waals surface area contributed by atoms with Crippen LogP contribution in [0.5, 0.6) is 0 Å². The zero-order valence-electron chi connectivity index (χ0n) is 10.7. The minimum Gasteiger partial charge on any atom is -0.356 e. The fourth-order valence-corrected chi connectivity index (χ4v) is 1.40. The van der Waals surface area contributed by atoms with Crippen molar-refractivity contribution in [1.82, 2.24) is 5.32 Å². The maximum Gasteiger partial charge on any atom is 0.220 e. The highest BCUT2D eigenvalue weighted by molar-refractivity contribution is 5.76. The molecule has 3 nitrogen and oxygen atoms in total. The lowest BCUT2D eigenvalue weighted by atomic mass is 9.94. The van der Waals surface area contributed by atoms with Gasteiger partial charge in [-0.15, -0.1) is 0 Å². The van der Waals surface area contributed by atoms with Crippen LogP contribution >= 0.6 is 0 Å². The van der Waals surface area contributed by atoms with Gasteiger partial charge in [-0.05, 0) is 23.9 Å². The fourth-order valence-electron chi connectivity index (χ4n) is 1.40. The third-order valence-corrected chi connectivity index (χ3v) is 2.80. The van der Waals surface area contributed by atoms with Gasteiger partial charge in [-0.2, -0.15) is 0 Å². The third-order valence-electron chi connectivity index (χ3n) is 2.80. The summed E-state index contributed by atoms with van der Waals surface area (Å²) in [6.07, 6.45) is 1.32. The normalized spacial score (nSPS) is 11.2. The number of carbonyl (C=O) groups is 1. The first kappa shape index (κ1) is 13.7. The molecule has 0 aromatic heterocycles. The Kier molecular flexibility index (Phi) is 5.16. The summed E-state index contributed by atoms with van der Waals surface area (Å²) in [5, 5.41) is 2.93. The van der Waals surface area contributed by atoms with E-state index in [0.717, 1.165) is 6.42 Å². The Labute approximate surface area is 103 Å². The molecule has 0 aliphatic rings. The van der Waals surface area contributed by atoms with Crippen molar-refractivity contribution in [2.45, 2.75) is 26.7 Å². The largest absolute Gasteiger partial charge is 0.356 e. The fraction of sp³-hybridized carbons (Fsp3) is 0.500. The predicted octanol–water partition coefficient (Wildman–Crippen LogP) is 1.72. The molecule has 0 bridgehead atoms. The van der Waals surface area contributed by atoms with E-state index in [4.69, 9.17) is 5.73 Å². The van der Waals surface area contributed by atoms with Gasteiger partial charge < -0.3 is 11.1 Å². The second-order valence-electron chi connectivity index (χ2n) is 5.13. The topological polar surface area (TPSA) is 55.1 Å². The molecule has 3 heteroatoms. The Bertz CT molecular complexity index is 346. The van der Waals surface area contributed by atoms with Gasteiger partial charge in [0, 0.05) is 13.0 Å². The van der Waals surface area contributed by atoms with Crippen LogP contribution in [0.4, 0.5) is 0 Å². The summed E-state index contributed by atoms with van der Waals surface area (Å²) in [6.45, 7) is 5.30. The third kappa shape index (κ3) is 5.50. The van der Waals surface area contributed by atoms with Crippen molar-refractivity contribution in [3.05, 3.63) is 35.9 Å². The van der Waals surface area contributed by atoms with Crippen molar-refractivity contribution in [2.75, 3.05) is 13.1 Å². The van der Waals surface area contributed by atoms with Crippen molar-refractivity contribution in [2.24, 2.45) is 11.1 Å². The average molecular weight is 234 g/mol. The molecule has 17 heavy (non-hydrogen) atoms. The molecule has 0 spiro atoms. The molecular weight excluding hydrogens is 212 g/mol. The molecule has 0 saturated heterocycles. The van der Waals surface area contributed by atoms with E-state index in [1.54, 1.807) is 0 Å². The molecule has 0 saturated carbocycles. The lowest BCUT2D eigenvalue weighted by Gasteiger charge is -2.22. The maximum absolute atomic E-state index is 11.6. The van der Waals surface area contributed by atoms with Gasteiger partial charge in [0.2, 0.25) is 5.91 Å². The van der Waals surface area contributed by atoms with Gasteiger partial charge in [0.05, 0.1) is 0 Å². The van der Waals surface area contributed by atoms with E-state index in [2.05, 4.69) is 5.32 Å². The zero-order chi connectivity index (χ0) is 12.7. The van der Waals surface area contributed by atoms with Gasteiger partial charge in [-0.3, -0.25) is 4.79 Å². The van der Waals surface area contributed by atoms with Gasteiger partial charge >= 0.3 is 0 Å². The monoisotopic (exact) mass is 234 g/mol. The Morgan fingerprint density at radius 2 is 1.94 bits per heavy atom. The van der Waals surface area contributed by atoms with Gasteiger partial charge in [-0.1, -0.05) is 44.2 Å². The second-order valence-corrected chi connectivity index (χ2v) is 5.13. The first-order valence-corrected chi connectivity index (χ1v) is 6.04. The van der Waals surface area contributed by atoms with E-state index in [-0.39, 0.29) is 11.3 Å². The van der Waals surface area contributed by atoms with Gasteiger partial charge in [0.1, 0.15) is 0 Å². The molecule has 3 N–H and O–H groups in total. The molecule has 1 rings (SSSR count). The highest BCUT2D eigenvalue weighted by Crippen LogP contribution is 2.10. The van der Waals surface area contributed by atoms with Crippen LogP contribution in [-0.2, 0) is 11.2 Å². The van der Waals surface area contributed by atoms with E-state index < -0.39 is 0 Å². The summed E-state index contributed by atoms with van der Waals surface area (Å²) in [7, 11) is 0. The number of benzene rings is 1. The van der Waals surface area contributed by atoms with Crippen LogP contribution in [-0.4, -0.2) is 19.0 Å². The summed E-state index contributed by atoms with van der Waals surface area (Å²) in [5.74, 6) is 0.0929. The van der Waals surface area contributed by atoms with Crippen molar-refractivity contribution in [3.63, 3.8) is 0 Å². The average Bonchev–Trinajstić information content (AvgIpc) is 2.35. The van der Waals surface area contributed by atoms with Crippen LogP contribution in [0.1, 0.15) is 25.8 Å². The minimum atomic E-state index is -0.0254. The standard InChI is InChI=1S/C14H22N2O/c1-14(2,10-15)11-16-13(17)9-8-12-6-4-3-5-7-12/h3-7H,8-11,15H2,1-2H3,(H,16,17). The molecule has 0 aliphatic carbocycles. The zero-order valence-corrected chi connectivity index (χ0v) is 10.7. The Balaban J connectivity index is 2.27. The van der Waals surface area contributed by atoms with E-state index in [1.165, 1.54) is 5.56 Å². The Hall–Kier alpha value is -1.35. The highest BCUT2D eigenvalue weighted by atomic mass is 16.1. The first-order valence-electron chi connectivity index (χ1n) is 6.04. The Morgan fingerprint density at radius 1 is 1.29 bits per heavy atom. The lowest BCUT2D eigenvalue weighted by Crippen LogP contribution is -2.38.